The van der Waals surface area contributed by atoms with Crippen LogP contribution in [0.4, 0.5) is 5.69 Å². The van der Waals surface area contributed by atoms with Crippen LogP contribution in [0, 0.1) is 0 Å². The molecule has 0 spiro atoms. The Morgan fingerprint density at radius 1 is 1.50 bits per heavy atom. The Balaban J connectivity index is 1.57. The summed E-state index contributed by atoms with van der Waals surface area (Å²) in [7, 11) is 0. The fraction of sp³-hybridized carbons (Fsp3) is 0.333. The minimum atomic E-state index is -0.468. The van der Waals surface area contributed by atoms with E-state index in [1.807, 2.05) is 12.1 Å². The number of nitrogens with one attached hydrogen (secondary N) is 1. The Morgan fingerprint density at radius 2 is 2.41 bits per heavy atom. The van der Waals surface area contributed by atoms with Crippen LogP contribution in [-0.4, -0.2) is 41.6 Å². The molecule has 1 amide bonds. The van der Waals surface area contributed by atoms with Crippen LogP contribution in [0.5, 0.6) is 0 Å². The normalized spacial score (nSPS) is 19.0. The highest BCUT2D eigenvalue weighted by Gasteiger charge is 2.27. The van der Waals surface area contributed by atoms with Gasteiger partial charge in [-0.1, -0.05) is 11.6 Å². The first-order valence-corrected chi connectivity index (χ1v) is 8.19. The number of anilines is 1. The first-order chi connectivity index (χ1) is 10.7. The van der Waals surface area contributed by atoms with Crippen LogP contribution in [0.25, 0.3) is 0 Å². The van der Waals surface area contributed by atoms with Crippen molar-refractivity contribution in [1.29, 1.82) is 0 Å². The molecule has 0 saturated carbocycles. The van der Waals surface area contributed by atoms with Gasteiger partial charge in [0.25, 0.3) is 5.91 Å². The summed E-state index contributed by atoms with van der Waals surface area (Å²) < 4.78 is 6.37. The van der Waals surface area contributed by atoms with Gasteiger partial charge in [-0.3, -0.25) is 14.7 Å². The average molecular weight is 338 g/mol. The molecule has 5 nitrogen and oxygen atoms in total. The molecule has 3 rings (SSSR count). The van der Waals surface area contributed by atoms with Gasteiger partial charge in [0.1, 0.15) is 6.10 Å². The van der Waals surface area contributed by atoms with E-state index in [9.17, 15) is 4.79 Å². The van der Waals surface area contributed by atoms with Gasteiger partial charge in [-0.05, 0) is 24.3 Å². The van der Waals surface area contributed by atoms with Crippen LogP contribution in [0.2, 0.25) is 4.34 Å². The van der Waals surface area contributed by atoms with E-state index >= 15 is 0 Å². The van der Waals surface area contributed by atoms with Crippen LogP contribution in [0.3, 0.4) is 0 Å². The number of amides is 1. The fourth-order valence-electron chi connectivity index (χ4n) is 2.32. The lowest BCUT2D eigenvalue weighted by Crippen LogP contribution is -2.47. The Kier molecular flexibility index (Phi) is 5.04. The molecule has 1 aliphatic heterocycles. The number of morpholine rings is 1. The van der Waals surface area contributed by atoms with Crippen molar-refractivity contribution in [2.45, 2.75) is 12.6 Å². The van der Waals surface area contributed by atoms with Gasteiger partial charge in [-0.25, -0.2) is 0 Å². The van der Waals surface area contributed by atoms with E-state index in [-0.39, 0.29) is 5.91 Å². The summed E-state index contributed by atoms with van der Waals surface area (Å²) in [6.07, 6.45) is 2.82. The first-order valence-electron chi connectivity index (χ1n) is 7.00. The fourth-order valence-corrected chi connectivity index (χ4v) is 3.45. The zero-order chi connectivity index (χ0) is 15.4. The Labute approximate surface area is 137 Å². The molecule has 0 aromatic carbocycles. The van der Waals surface area contributed by atoms with Crippen molar-refractivity contribution < 1.29 is 9.53 Å². The quantitative estimate of drug-likeness (QED) is 0.932. The van der Waals surface area contributed by atoms with Gasteiger partial charge >= 0.3 is 0 Å². The molecular weight excluding hydrogens is 322 g/mol. The molecule has 116 valence electrons. The van der Waals surface area contributed by atoms with E-state index in [1.165, 1.54) is 4.88 Å². The van der Waals surface area contributed by atoms with E-state index in [0.29, 0.717) is 18.8 Å². The maximum absolute atomic E-state index is 12.3. The number of aromatic nitrogens is 1. The van der Waals surface area contributed by atoms with E-state index in [4.69, 9.17) is 16.3 Å². The van der Waals surface area contributed by atoms with Gasteiger partial charge in [-0.2, -0.15) is 0 Å². The van der Waals surface area contributed by atoms with Crippen molar-refractivity contribution >= 4 is 34.5 Å². The Hall–Kier alpha value is -1.47. The second-order valence-electron chi connectivity index (χ2n) is 5.03. The topological polar surface area (TPSA) is 54.5 Å². The van der Waals surface area contributed by atoms with E-state index in [1.54, 1.807) is 35.9 Å². The van der Waals surface area contributed by atoms with Crippen LogP contribution in [0.1, 0.15) is 4.88 Å². The molecule has 0 aliphatic carbocycles. The standard InChI is InChI=1S/C15H16ClN3O2S/c16-14-4-3-12(22-14)9-19-6-7-21-13(10-19)15(20)18-11-2-1-5-17-8-11/h1-5,8,13H,6-7,9-10H2,(H,18,20). The lowest BCUT2D eigenvalue weighted by molar-refractivity contribution is -0.133. The molecule has 0 radical (unpaired) electrons. The van der Waals surface area contributed by atoms with Crippen LogP contribution >= 0.6 is 22.9 Å². The Bertz CT molecular complexity index is 635. The van der Waals surface area contributed by atoms with E-state index < -0.39 is 6.10 Å². The maximum Gasteiger partial charge on any atom is 0.254 e. The minimum Gasteiger partial charge on any atom is -0.366 e. The van der Waals surface area contributed by atoms with Gasteiger partial charge in [0.05, 0.1) is 22.8 Å². The van der Waals surface area contributed by atoms with Crippen LogP contribution in [0.15, 0.2) is 36.7 Å². The lowest BCUT2D eigenvalue weighted by atomic mass is 10.2. The molecule has 1 atom stereocenters. The van der Waals surface area contributed by atoms with E-state index in [0.717, 1.165) is 17.4 Å². The number of carbonyl (C=O) groups excluding carboxylic acids is 1. The second-order valence-corrected chi connectivity index (χ2v) is 6.83. The number of rotatable bonds is 4. The summed E-state index contributed by atoms with van der Waals surface area (Å²) in [5, 5.41) is 2.83. The largest absolute Gasteiger partial charge is 0.366 e. The number of nitrogens with zero attached hydrogens (tertiary/aromatic N) is 2. The molecule has 22 heavy (non-hydrogen) atoms. The zero-order valence-corrected chi connectivity index (χ0v) is 13.4. The predicted octanol–water partition coefficient (Wildman–Crippen LogP) is 2.64. The predicted molar refractivity (Wildman–Crippen MR) is 87.2 cm³/mol. The summed E-state index contributed by atoms with van der Waals surface area (Å²) in [4.78, 5) is 19.6. The van der Waals surface area contributed by atoms with Gasteiger partial charge in [0, 0.05) is 30.7 Å². The summed E-state index contributed by atoms with van der Waals surface area (Å²) in [5.74, 6) is -0.137. The smallest absolute Gasteiger partial charge is 0.254 e. The molecule has 1 saturated heterocycles. The van der Waals surface area contributed by atoms with Gasteiger partial charge < -0.3 is 10.1 Å². The van der Waals surface area contributed by atoms with Crippen molar-refractivity contribution in [1.82, 2.24) is 9.88 Å². The zero-order valence-electron chi connectivity index (χ0n) is 11.9. The number of pyridine rings is 1. The number of halogens is 1. The Morgan fingerprint density at radius 3 is 3.14 bits per heavy atom. The molecule has 1 fully saturated rings. The monoisotopic (exact) mass is 337 g/mol. The molecule has 1 N–H and O–H groups in total. The molecule has 2 aromatic rings. The third-order valence-electron chi connectivity index (χ3n) is 3.38. The number of hydrogen-bond donors (Lipinski definition) is 1. The molecule has 7 heteroatoms. The summed E-state index contributed by atoms with van der Waals surface area (Å²) >= 11 is 7.52. The van der Waals surface area contributed by atoms with Gasteiger partial charge in [0.2, 0.25) is 0 Å². The lowest BCUT2D eigenvalue weighted by Gasteiger charge is -2.31. The molecular formula is C15H16ClN3O2S. The molecule has 1 unspecified atom stereocenters. The summed E-state index contributed by atoms with van der Waals surface area (Å²) in [6.45, 7) is 2.72. The molecule has 1 aliphatic rings. The third kappa shape index (κ3) is 4.04. The highest BCUT2D eigenvalue weighted by atomic mass is 35.5. The maximum atomic E-state index is 12.3. The number of thiophene rings is 1. The number of ether oxygens (including phenoxy) is 1. The average Bonchev–Trinajstić information content (AvgIpc) is 2.93. The van der Waals surface area contributed by atoms with Crippen molar-refractivity contribution in [3.8, 4) is 0 Å². The summed E-state index contributed by atoms with van der Waals surface area (Å²) in [6, 6.07) is 7.51. The number of hydrogen-bond acceptors (Lipinski definition) is 5. The minimum absolute atomic E-state index is 0.137. The molecule has 3 heterocycles. The second kappa shape index (κ2) is 7.19. The molecule has 0 bridgehead atoms. The summed E-state index contributed by atoms with van der Waals surface area (Å²) in [5.41, 5.74) is 0.679. The van der Waals surface area contributed by atoms with E-state index in [2.05, 4.69) is 15.2 Å². The first kappa shape index (κ1) is 15.4. The highest BCUT2D eigenvalue weighted by molar-refractivity contribution is 7.16. The van der Waals surface area contributed by atoms with Crippen LogP contribution < -0.4 is 5.32 Å². The SMILES string of the molecule is O=C(Nc1cccnc1)C1CN(Cc2ccc(Cl)s2)CCO1. The third-order valence-corrected chi connectivity index (χ3v) is 4.60. The number of carbonyl (C=O) groups is 1. The highest BCUT2D eigenvalue weighted by Crippen LogP contribution is 2.23. The van der Waals surface area contributed by atoms with Gasteiger partial charge in [-0.15, -0.1) is 11.3 Å². The van der Waals surface area contributed by atoms with Crippen molar-refractivity contribution in [2.24, 2.45) is 0 Å². The van der Waals surface area contributed by atoms with Crippen molar-refractivity contribution in [2.75, 3.05) is 25.0 Å². The van der Waals surface area contributed by atoms with Crippen LogP contribution in [-0.2, 0) is 16.1 Å². The van der Waals surface area contributed by atoms with Crippen molar-refractivity contribution in [3.05, 3.63) is 45.9 Å². The van der Waals surface area contributed by atoms with Crippen molar-refractivity contribution in [3.63, 3.8) is 0 Å². The van der Waals surface area contributed by atoms with Gasteiger partial charge in [0.15, 0.2) is 0 Å². The molecule has 2 aromatic heterocycles.